The summed E-state index contributed by atoms with van der Waals surface area (Å²) >= 11 is 12.5. The summed E-state index contributed by atoms with van der Waals surface area (Å²) in [5.41, 5.74) is 6.83. The van der Waals surface area contributed by atoms with Crippen LogP contribution in [-0.2, 0) is 0 Å². The zero-order chi connectivity index (χ0) is 24.8. The first-order valence-electron chi connectivity index (χ1n) is 11.6. The number of nitrogens with two attached hydrogens (primary N) is 1. The van der Waals surface area contributed by atoms with Crippen molar-refractivity contribution in [3.8, 4) is 5.75 Å². The molecule has 7 nitrogen and oxygen atoms in total. The molecule has 0 saturated carbocycles. The molecular formula is C26H29Cl3N4O3. The van der Waals surface area contributed by atoms with E-state index in [9.17, 15) is 9.59 Å². The second-order valence-electron chi connectivity index (χ2n) is 8.45. The number of rotatable bonds is 8. The highest BCUT2D eigenvalue weighted by Crippen LogP contribution is 2.33. The summed E-state index contributed by atoms with van der Waals surface area (Å²) in [6, 6.07) is 16.1. The fourth-order valence-electron chi connectivity index (χ4n) is 4.31. The Morgan fingerprint density at radius 2 is 1.64 bits per heavy atom. The molecule has 0 atom stereocenters. The van der Waals surface area contributed by atoms with Crippen molar-refractivity contribution in [1.29, 1.82) is 0 Å². The van der Waals surface area contributed by atoms with Crippen molar-refractivity contribution in [3.63, 3.8) is 0 Å². The van der Waals surface area contributed by atoms with Crippen LogP contribution in [-0.4, -0.2) is 56.2 Å². The van der Waals surface area contributed by atoms with Gasteiger partial charge in [-0.25, -0.2) is 4.79 Å². The maximum Gasteiger partial charge on any atom is 0.412 e. The number of nitrogens with one attached hydrogen (secondary N) is 1. The number of nitrogens with zero attached hydrogens (tertiary/aromatic N) is 2. The molecule has 1 fully saturated rings. The molecule has 0 radical (unpaired) electrons. The molecule has 192 valence electrons. The number of hydrogen-bond donors (Lipinski definition) is 2. The van der Waals surface area contributed by atoms with E-state index in [2.05, 4.69) is 15.1 Å². The molecule has 2 amide bonds. The first-order chi connectivity index (χ1) is 16.9. The van der Waals surface area contributed by atoms with Crippen LogP contribution in [0.4, 0.5) is 10.5 Å². The molecule has 3 aromatic rings. The molecule has 36 heavy (non-hydrogen) atoms. The SMILES string of the molecule is Cl.NC(=O)c1ccc(OC(=O)NCCCCN2CCN(c3cccc(Cl)c3Cl)CC2)c2ccccc12. The molecule has 1 aliphatic heterocycles. The van der Waals surface area contributed by atoms with Crippen molar-refractivity contribution in [1.82, 2.24) is 10.2 Å². The Balaban J connectivity index is 0.00000361. The summed E-state index contributed by atoms with van der Waals surface area (Å²) < 4.78 is 5.49. The van der Waals surface area contributed by atoms with Gasteiger partial charge in [-0.15, -0.1) is 12.4 Å². The zero-order valence-electron chi connectivity index (χ0n) is 19.7. The highest BCUT2D eigenvalue weighted by atomic mass is 35.5. The lowest BCUT2D eigenvalue weighted by Gasteiger charge is -2.36. The Bertz CT molecular complexity index is 1220. The third-order valence-corrected chi connectivity index (χ3v) is 6.98. The summed E-state index contributed by atoms with van der Waals surface area (Å²) in [4.78, 5) is 28.6. The minimum Gasteiger partial charge on any atom is -0.410 e. The quantitative estimate of drug-likeness (QED) is 0.368. The summed E-state index contributed by atoms with van der Waals surface area (Å²) in [7, 11) is 0. The zero-order valence-corrected chi connectivity index (χ0v) is 22.0. The van der Waals surface area contributed by atoms with E-state index in [4.69, 9.17) is 33.7 Å². The molecule has 3 N–H and O–H groups in total. The van der Waals surface area contributed by atoms with E-state index in [1.165, 1.54) is 0 Å². The number of carbonyl (C=O) groups excluding carboxylic acids is 2. The normalized spacial score (nSPS) is 13.8. The first kappa shape index (κ1) is 27.9. The molecule has 1 aliphatic rings. The molecule has 1 saturated heterocycles. The highest BCUT2D eigenvalue weighted by Gasteiger charge is 2.19. The minimum atomic E-state index is -0.521. The van der Waals surface area contributed by atoms with Crippen molar-refractivity contribution in [3.05, 3.63) is 70.2 Å². The Kier molecular flexibility index (Phi) is 10.1. The smallest absolute Gasteiger partial charge is 0.410 e. The van der Waals surface area contributed by atoms with Gasteiger partial charge in [-0.2, -0.15) is 0 Å². The molecule has 1 heterocycles. The maximum atomic E-state index is 12.3. The van der Waals surface area contributed by atoms with Gasteiger partial charge in [0.05, 0.1) is 15.7 Å². The van der Waals surface area contributed by atoms with Gasteiger partial charge in [0.1, 0.15) is 5.75 Å². The van der Waals surface area contributed by atoms with Crippen LogP contribution in [0, 0.1) is 0 Å². The Hall–Kier alpha value is -2.71. The average Bonchev–Trinajstić information content (AvgIpc) is 2.86. The van der Waals surface area contributed by atoms with Crippen molar-refractivity contribution in [2.45, 2.75) is 12.8 Å². The van der Waals surface area contributed by atoms with E-state index in [0.29, 0.717) is 38.7 Å². The van der Waals surface area contributed by atoms with Crippen LogP contribution in [0.5, 0.6) is 5.75 Å². The summed E-state index contributed by atoms with van der Waals surface area (Å²) in [6.45, 7) is 5.18. The van der Waals surface area contributed by atoms with Crippen LogP contribution in [0.2, 0.25) is 10.0 Å². The van der Waals surface area contributed by atoms with Crippen LogP contribution < -0.4 is 20.7 Å². The highest BCUT2D eigenvalue weighted by molar-refractivity contribution is 6.43. The lowest BCUT2D eigenvalue weighted by Crippen LogP contribution is -2.46. The third kappa shape index (κ3) is 6.73. The number of primary amides is 1. The van der Waals surface area contributed by atoms with E-state index in [1.807, 2.05) is 24.3 Å². The average molecular weight is 552 g/mol. The molecule has 3 aromatic carbocycles. The van der Waals surface area contributed by atoms with Gasteiger partial charge in [-0.1, -0.05) is 53.5 Å². The van der Waals surface area contributed by atoms with E-state index >= 15 is 0 Å². The van der Waals surface area contributed by atoms with Gasteiger partial charge < -0.3 is 20.7 Å². The maximum absolute atomic E-state index is 12.3. The van der Waals surface area contributed by atoms with Crippen molar-refractivity contribution < 1.29 is 14.3 Å². The fraction of sp³-hybridized carbons (Fsp3) is 0.308. The molecule has 0 spiro atoms. The second kappa shape index (κ2) is 13.0. The largest absolute Gasteiger partial charge is 0.412 e. The van der Waals surface area contributed by atoms with E-state index in [0.717, 1.165) is 51.3 Å². The number of amides is 2. The number of piperazine rings is 1. The predicted octanol–water partition coefficient (Wildman–Crippen LogP) is 5.36. The topological polar surface area (TPSA) is 87.9 Å². The van der Waals surface area contributed by atoms with Gasteiger partial charge in [0.25, 0.3) is 0 Å². The number of unbranched alkanes of at least 4 members (excludes halogenated alkanes) is 1. The van der Waals surface area contributed by atoms with Gasteiger partial charge in [0.15, 0.2) is 0 Å². The van der Waals surface area contributed by atoms with Gasteiger partial charge in [-0.3, -0.25) is 9.69 Å². The predicted molar refractivity (Wildman–Crippen MR) is 148 cm³/mol. The lowest BCUT2D eigenvalue weighted by molar-refractivity contribution is 0.100. The van der Waals surface area contributed by atoms with Crippen molar-refractivity contribution in [2.75, 3.05) is 44.2 Å². The fourth-order valence-corrected chi connectivity index (χ4v) is 4.73. The number of hydrogen-bond acceptors (Lipinski definition) is 5. The van der Waals surface area contributed by atoms with Gasteiger partial charge in [0.2, 0.25) is 5.91 Å². The number of ether oxygens (including phenoxy) is 1. The molecule has 0 aromatic heterocycles. The summed E-state index contributed by atoms with van der Waals surface area (Å²) in [5.74, 6) is -0.132. The lowest BCUT2D eigenvalue weighted by atomic mass is 10.0. The van der Waals surface area contributed by atoms with Crippen LogP contribution in [0.25, 0.3) is 10.8 Å². The second-order valence-corrected chi connectivity index (χ2v) is 9.23. The van der Waals surface area contributed by atoms with Crippen molar-refractivity contribution >= 4 is 64.1 Å². The van der Waals surface area contributed by atoms with E-state index < -0.39 is 12.0 Å². The Morgan fingerprint density at radius 3 is 2.36 bits per heavy atom. The molecule has 0 bridgehead atoms. The number of benzene rings is 3. The minimum absolute atomic E-state index is 0. The number of fused-ring (bicyclic) bond motifs is 1. The number of halogens is 3. The van der Waals surface area contributed by atoms with Gasteiger partial charge in [0, 0.05) is 43.7 Å². The van der Waals surface area contributed by atoms with Crippen LogP contribution in [0.1, 0.15) is 23.2 Å². The molecule has 4 rings (SSSR count). The number of carbonyl (C=O) groups is 2. The van der Waals surface area contributed by atoms with Crippen LogP contribution in [0.3, 0.4) is 0 Å². The van der Waals surface area contributed by atoms with Crippen LogP contribution >= 0.6 is 35.6 Å². The summed E-state index contributed by atoms with van der Waals surface area (Å²) in [5, 5.41) is 5.31. The first-order valence-corrected chi connectivity index (χ1v) is 12.4. The number of anilines is 1. The van der Waals surface area contributed by atoms with E-state index in [1.54, 1.807) is 30.3 Å². The molecule has 0 aliphatic carbocycles. The molecular weight excluding hydrogens is 523 g/mol. The Labute approximate surface area is 226 Å². The van der Waals surface area contributed by atoms with Gasteiger partial charge >= 0.3 is 6.09 Å². The third-order valence-electron chi connectivity index (χ3n) is 6.17. The van der Waals surface area contributed by atoms with Gasteiger partial charge in [-0.05, 0) is 49.0 Å². The monoisotopic (exact) mass is 550 g/mol. The summed E-state index contributed by atoms with van der Waals surface area (Å²) in [6.07, 6.45) is 1.29. The van der Waals surface area contributed by atoms with E-state index in [-0.39, 0.29) is 12.4 Å². The van der Waals surface area contributed by atoms with Crippen LogP contribution in [0.15, 0.2) is 54.6 Å². The molecule has 10 heteroatoms. The van der Waals surface area contributed by atoms with Crippen molar-refractivity contribution in [2.24, 2.45) is 5.73 Å². The standard InChI is InChI=1S/C26H28Cl2N4O3.ClH/c27-21-8-5-9-22(24(21)28)32-16-14-31(15-17-32)13-4-3-12-30-26(34)35-23-11-10-20(25(29)33)18-6-1-2-7-19(18)23;/h1-2,5-11H,3-4,12-17H2,(H2,29,33)(H,30,34);1H. The Morgan fingerprint density at radius 1 is 0.917 bits per heavy atom. The molecule has 0 unspecified atom stereocenters.